The number of rotatable bonds is 9. The molecule has 1 aromatic heterocycles. The number of fused-ring (bicyclic) bond motifs is 7. The first-order chi connectivity index (χ1) is 21.7. The Hall–Kier alpha value is -2.26. The van der Waals surface area contributed by atoms with Crippen LogP contribution in [0.3, 0.4) is 0 Å². The molecule has 4 aliphatic carbocycles. The van der Waals surface area contributed by atoms with Crippen LogP contribution in [0.4, 0.5) is 0 Å². The number of hydrogen-bond acceptors (Lipinski definition) is 8. The molecule has 5 fully saturated rings. The average molecular weight is 640 g/mol. The van der Waals surface area contributed by atoms with Crippen LogP contribution in [0.1, 0.15) is 106 Å². The first-order valence-corrected chi connectivity index (χ1v) is 17.7. The van der Waals surface area contributed by atoms with Gasteiger partial charge in [0.25, 0.3) is 0 Å². The zero-order valence-corrected chi connectivity index (χ0v) is 29.2. The molecule has 1 N–H and O–H groups in total. The van der Waals surface area contributed by atoms with Gasteiger partial charge in [-0.15, -0.1) is 0 Å². The number of methoxy groups -OCH3 is 1. The minimum Gasteiger partial charge on any atom is -0.469 e. The molecule has 9 heteroatoms. The molecule has 5 aliphatic rings. The molecule has 11 atom stereocenters. The van der Waals surface area contributed by atoms with E-state index in [0.717, 1.165) is 63.5 Å². The summed E-state index contributed by atoms with van der Waals surface area (Å²) < 4.78 is 19.8. The fourth-order valence-electron chi connectivity index (χ4n) is 12.5. The van der Waals surface area contributed by atoms with Gasteiger partial charge in [-0.2, -0.15) is 5.10 Å². The average Bonchev–Trinajstić information content (AvgIpc) is 3.70. The number of esters is 2. The minimum absolute atomic E-state index is 0.0365. The zero-order chi connectivity index (χ0) is 33.3. The number of carbonyl (C=O) groups excluding carboxylic acids is 2. The Bertz CT molecular complexity index is 1330. The van der Waals surface area contributed by atoms with Gasteiger partial charge in [-0.05, 0) is 119 Å². The molecule has 6 rings (SSSR count). The van der Waals surface area contributed by atoms with Crippen LogP contribution in [0.25, 0.3) is 0 Å². The van der Waals surface area contributed by atoms with Crippen LogP contribution < -0.4 is 0 Å². The van der Waals surface area contributed by atoms with E-state index in [-0.39, 0.29) is 70.3 Å². The molecule has 9 nitrogen and oxygen atoms in total. The number of nitrogens with zero attached hydrogens (tertiary/aromatic N) is 3. The number of hydrogen-bond donors (Lipinski definition) is 1. The molecular weight excluding hydrogens is 582 g/mol. The van der Waals surface area contributed by atoms with Crippen molar-refractivity contribution in [2.24, 2.45) is 51.2 Å². The Labute approximate surface area is 275 Å². The number of aliphatic hydroxyl groups excluding tert-OH is 1. The summed E-state index contributed by atoms with van der Waals surface area (Å²) >= 11 is 0. The minimum atomic E-state index is -0.566. The second kappa shape index (κ2) is 11.7. The summed E-state index contributed by atoms with van der Waals surface area (Å²) in [7, 11) is 1.44. The summed E-state index contributed by atoms with van der Waals surface area (Å²) in [5.74, 6) is 0.349. The summed E-state index contributed by atoms with van der Waals surface area (Å²) in [5.41, 5.74) is -0.491. The molecule has 0 spiro atoms. The molecule has 0 aromatic carbocycles. The number of carbonyl (C=O) groups is 2. The maximum absolute atomic E-state index is 14.2. The first-order valence-electron chi connectivity index (χ1n) is 17.7. The smallest absolute Gasteiger partial charge is 0.312 e. The summed E-state index contributed by atoms with van der Waals surface area (Å²) in [4.78, 5) is 30.9. The van der Waals surface area contributed by atoms with Crippen LogP contribution >= 0.6 is 0 Å². The highest BCUT2D eigenvalue weighted by molar-refractivity contribution is 5.78. The molecule has 2 heterocycles. The lowest BCUT2D eigenvalue weighted by Gasteiger charge is -2.71. The van der Waals surface area contributed by atoms with E-state index in [0.29, 0.717) is 13.0 Å². The van der Waals surface area contributed by atoms with Gasteiger partial charge in [0.2, 0.25) is 0 Å². The van der Waals surface area contributed by atoms with Crippen molar-refractivity contribution in [2.45, 2.75) is 130 Å². The van der Waals surface area contributed by atoms with Crippen molar-refractivity contribution in [1.29, 1.82) is 0 Å². The fraction of sp³-hybridized carbons (Fsp3) is 0.838. The molecule has 1 saturated heterocycles. The van der Waals surface area contributed by atoms with E-state index in [2.05, 4.69) is 58.2 Å². The van der Waals surface area contributed by atoms with E-state index in [1.165, 1.54) is 13.4 Å². The Morgan fingerprint density at radius 3 is 2.50 bits per heavy atom. The molecule has 4 saturated carbocycles. The van der Waals surface area contributed by atoms with Crippen molar-refractivity contribution in [3.05, 3.63) is 24.8 Å². The van der Waals surface area contributed by atoms with E-state index < -0.39 is 17.1 Å². The molecule has 0 bridgehead atoms. The number of aliphatic hydroxyl groups is 1. The summed E-state index contributed by atoms with van der Waals surface area (Å²) in [6.45, 7) is 19.2. The topological polar surface area (TPSA) is 113 Å². The maximum Gasteiger partial charge on any atom is 0.312 e. The summed E-state index contributed by atoms with van der Waals surface area (Å²) in [6.07, 6.45) is 10.3. The van der Waals surface area contributed by atoms with Gasteiger partial charge in [-0.1, -0.05) is 32.9 Å². The quantitative estimate of drug-likeness (QED) is 0.195. The fourth-order valence-corrected chi connectivity index (χ4v) is 12.5. The molecule has 2 unspecified atom stereocenters. The number of aryl methyl sites for hydroxylation is 1. The highest BCUT2D eigenvalue weighted by atomic mass is 16.5. The van der Waals surface area contributed by atoms with Gasteiger partial charge >= 0.3 is 11.9 Å². The maximum atomic E-state index is 14.2. The predicted octanol–water partition coefficient (Wildman–Crippen LogP) is 6.15. The Kier molecular flexibility index (Phi) is 8.56. The lowest BCUT2D eigenvalue weighted by molar-refractivity contribution is -0.255. The molecule has 0 radical (unpaired) electrons. The number of aromatic nitrogens is 3. The van der Waals surface area contributed by atoms with Crippen molar-refractivity contribution in [1.82, 2.24) is 14.8 Å². The van der Waals surface area contributed by atoms with E-state index in [1.807, 2.05) is 0 Å². The molecule has 46 heavy (non-hydrogen) atoms. The molecule has 1 aliphatic heterocycles. The molecule has 256 valence electrons. The summed E-state index contributed by atoms with van der Waals surface area (Å²) in [5, 5.41) is 16.6. The lowest BCUT2D eigenvalue weighted by Crippen LogP contribution is -2.69. The van der Waals surface area contributed by atoms with Gasteiger partial charge in [0.1, 0.15) is 12.7 Å². The van der Waals surface area contributed by atoms with E-state index in [1.54, 1.807) is 11.0 Å². The molecule has 1 aromatic rings. The van der Waals surface area contributed by atoms with E-state index in [4.69, 9.17) is 14.2 Å². The summed E-state index contributed by atoms with van der Waals surface area (Å²) in [6, 6.07) is 0. The van der Waals surface area contributed by atoms with Gasteiger partial charge in [-0.3, -0.25) is 14.3 Å². The Balaban J connectivity index is 1.29. The van der Waals surface area contributed by atoms with Crippen molar-refractivity contribution in [2.75, 3.05) is 13.7 Å². The van der Waals surface area contributed by atoms with Crippen LogP contribution in [0, 0.1) is 51.2 Å². The zero-order valence-electron chi connectivity index (χ0n) is 29.2. The van der Waals surface area contributed by atoms with Crippen molar-refractivity contribution in [3.8, 4) is 0 Å². The third-order valence-corrected chi connectivity index (χ3v) is 14.6. The Morgan fingerprint density at radius 2 is 1.83 bits per heavy atom. The van der Waals surface area contributed by atoms with Crippen LogP contribution in [0.15, 0.2) is 24.8 Å². The predicted molar refractivity (Wildman–Crippen MR) is 173 cm³/mol. The normalized spacial score (nSPS) is 44.0. The highest BCUT2D eigenvalue weighted by Crippen LogP contribution is 2.77. The second-order valence-corrected chi connectivity index (χ2v) is 16.8. The van der Waals surface area contributed by atoms with Gasteiger partial charge < -0.3 is 19.3 Å². The molecular formula is C37H57N3O6. The highest BCUT2D eigenvalue weighted by Gasteiger charge is 2.76. The second-order valence-electron chi connectivity index (χ2n) is 16.8. The third kappa shape index (κ3) is 4.83. The standard InChI is InChI=1S/C37H57N3O6/c1-23(2)24-11-14-37(32(43)45-18-10-9-17-40-22-38-21-39-40)16-15-34(5)25(30(24)37)19-26(41)31-35(34,6)13-12-27-33(3,4)46-28(36(27,31)7)20-29(42)44-8/h21-22,24-28,30-31,41H,1,9-20H2,2-8H3/t24-,25+,26+,27?,28?,30+,31-,34+,35+,36+,37-/m0/s1. The van der Waals surface area contributed by atoms with Crippen molar-refractivity contribution < 1.29 is 28.9 Å². The van der Waals surface area contributed by atoms with Crippen molar-refractivity contribution >= 4 is 11.9 Å². The van der Waals surface area contributed by atoms with Gasteiger partial charge in [-0.25, -0.2) is 4.98 Å². The van der Waals surface area contributed by atoms with Gasteiger partial charge in [0, 0.05) is 12.0 Å². The Morgan fingerprint density at radius 1 is 1.07 bits per heavy atom. The first kappa shape index (κ1) is 33.6. The number of allylic oxidation sites excluding steroid dienone is 1. The third-order valence-electron chi connectivity index (χ3n) is 14.6. The van der Waals surface area contributed by atoms with E-state index >= 15 is 0 Å². The lowest BCUT2D eigenvalue weighted by atomic mass is 9.33. The van der Waals surface area contributed by atoms with Crippen LogP contribution in [-0.2, 0) is 30.3 Å². The van der Waals surface area contributed by atoms with Crippen molar-refractivity contribution in [3.63, 3.8) is 0 Å². The van der Waals surface area contributed by atoms with Crippen LogP contribution in [0.5, 0.6) is 0 Å². The van der Waals surface area contributed by atoms with E-state index in [9.17, 15) is 14.7 Å². The monoisotopic (exact) mass is 639 g/mol. The SMILES string of the molecule is C=C(C)[C@@H]1CC[C@]2(C(=O)OCCCCn3cncn3)CC[C@]3(C)[C@H](C[C@@H](O)[C@@H]4[C@@]5(C)C(CC(=O)OC)OC(C)(C)C5CC[C@]43C)[C@@H]12. The van der Waals surface area contributed by atoms with Gasteiger partial charge in [0.15, 0.2) is 0 Å². The molecule has 0 amide bonds. The number of unbranched alkanes of at least 4 members (excludes halogenated alkanes) is 1. The van der Waals surface area contributed by atoms with Crippen LogP contribution in [0.2, 0.25) is 0 Å². The van der Waals surface area contributed by atoms with Crippen LogP contribution in [-0.4, -0.2) is 63.3 Å². The van der Waals surface area contributed by atoms with Gasteiger partial charge in [0.05, 0.1) is 43.4 Å². The largest absolute Gasteiger partial charge is 0.469 e. The number of ether oxygens (including phenoxy) is 3.